The van der Waals surface area contributed by atoms with Crippen LogP contribution in [0.25, 0.3) is 11.3 Å². The molecule has 96 valence electrons. The fraction of sp³-hybridized carbons (Fsp3) is 0.400. The molecular weight excluding hydrogens is 224 g/mol. The third kappa shape index (κ3) is 2.40. The van der Waals surface area contributed by atoms with Gasteiger partial charge in [-0.15, -0.1) is 0 Å². The molecule has 0 spiro atoms. The Balaban J connectivity index is 2.56. The third-order valence-corrected chi connectivity index (χ3v) is 3.05. The van der Waals surface area contributed by atoms with Gasteiger partial charge in [0.1, 0.15) is 5.75 Å². The number of methoxy groups -OCH3 is 1. The number of aryl methyl sites for hydroxylation is 1. The quantitative estimate of drug-likeness (QED) is 0.809. The highest BCUT2D eigenvalue weighted by Crippen LogP contribution is 2.33. The number of imidazole rings is 1. The maximum absolute atomic E-state index is 5.43. The minimum Gasteiger partial charge on any atom is -0.496 e. The summed E-state index contributed by atoms with van der Waals surface area (Å²) >= 11 is 0. The first-order valence-corrected chi connectivity index (χ1v) is 6.08. The zero-order chi connectivity index (χ0) is 13.3. The van der Waals surface area contributed by atoms with Crippen molar-refractivity contribution < 1.29 is 4.74 Å². The summed E-state index contributed by atoms with van der Waals surface area (Å²) in [7, 11) is 3.66. The summed E-state index contributed by atoms with van der Waals surface area (Å²) in [4.78, 5) is 4.40. The highest BCUT2D eigenvalue weighted by Gasteiger charge is 2.17. The first-order valence-electron chi connectivity index (χ1n) is 6.08. The van der Waals surface area contributed by atoms with Crippen LogP contribution in [0, 0.1) is 0 Å². The second-order valence-electron chi connectivity index (χ2n) is 5.59. The van der Waals surface area contributed by atoms with Gasteiger partial charge in [0, 0.05) is 18.8 Å². The fourth-order valence-corrected chi connectivity index (χ4v) is 1.93. The lowest BCUT2D eigenvalue weighted by Gasteiger charge is -2.20. The monoisotopic (exact) mass is 244 g/mol. The van der Waals surface area contributed by atoms with Crippen molar-refractivity contribution in [2.45, 2.75) is 26.2 Å². The smallest absolute Gasteiger partial charge is 0.128 e. The SMILES string of the molecule is COc1ccc(C(C)(C)C)cc1-c1cn(C)cn1. The van der Waals surface area contributed by atoms with Crippen LogP contribution in [0.5, 0.6) is 5.75 Å². The van der Waals surface area contributed by atoms with E-state index in [9.17, 15) is 0 Å². The molecule has 0 aliphatic heterocycles. The van der Waals surface area contributed by atoms with Gasteiger partial charge in [-0.25, -0.2) is 4.98 Å². The molecule has 0 radical (unpaired) electrons. The Hall–Kier alpha value is -1.77. The molecule has 1 aromatic carbocycles. The van der Waals surface area contributed by atoms with Gasteiger partial charge in [-0.05, 0) is 23.1 Å². The molecule has 0 fully saturated rings. The van der Waals surface area contributed by atoms with Crippen LogP contribution >= 0.6 is 0 Å². The zero-order valence-corrected chi connectivity index (χ0v) is 11.7. The van der Waals surface area contributed by atoms with Crippen LogP contribution in [-0.2, 0) is 12.5 Å². The molecule has 0 aliphatic carbocycles. The average molecular weight is 244 g/mol. The van der Waals surface area contributed by atoms with Gasteiger partial charge in [-0.3, -0.25) is 0 Å². The number of rotatable bonds is 2. The predicted molar refractivity (Wildman–Crippen MR) is 73.9 cm³/mol. The Labute approximate surface area is 108 Å². The lowest BCUT2D eigenvalue weighted by molar-refractivity contribution is 0.415. The zero-order valence-electron chi connectivity index (χ0n) is 11.7. The fourth-order valence-electron chi connectivity index (χ4n) is 1.93. The summed E-state index contributed by atoms with van der Waals surface area (Å²) in [5, 5.41) is 0. The van der Waals surface area contributed by atoms with Gasteiger partial charge < -0.3 is 9.30 Å². The highest BCUT2D eigenvalue weighted by atomic mass is 16.5. The van der Waals surface area contributed by atoms with E-state index in [1.54, 1.807) is 13.4 Å². The number of hydrogen-bond acceptors (Lipinski definition) is 2. The molecular formula is C15H20N2O. The molecule has 0 N–H and O–H groups in total. The predicted octanol–water partition coefficient (Wildman–Crippen LogP) is 3.39. The first-order chi connectivity index (χ1) is 8.41. The van der Waals surface area contributed by atoms with Crippen LogP contribution in [0.4, 0.5) is 0 Å². The lowest BCUT2D eigenvalue weighted by Crippen LogP contribution is -2.11. The Morgan fingerprint density at radius 3 is 2.44 bits per heavy atom. The molecule has 0 unspecified atom stereocenters. The number of nitrogens with zero attached hydrogens (tertiary/aromatic N) is 2. The van der Waals surface area contributed by atoms with Crippen molar-refractivity contribution in [3.05, 3.63) is 36.3 Å². The Morgan fingerprint density at radius 2 is 1.94 bits per heavy atom. The van der Waals surface area contributed by atoms with E-state index in [1.807, 2.05) is 23.9 Å². The van der Waals surface area contributed by atoms with Crippen LogP contribution in [0.2, 0.25) is 0 Å². The third-order valence-electron chi connectivity index (χ3n) is 3.05. The summed E-state index contributed by atoms with van der Waals surface area (Å²) in [5.74, 6) is 0.863. The van der Waals surface area contributed by atoms with E-state index >= 15 is 0 Å². The van der Waals surface area contributed by atoms with E-state index in [-0.39, 0.29) is 5.41 Å². The maximum atomic E-state index is 5.43. The summed E-state index contributed by atoms with van der Waals surface area (Å²) in [6.07, 6.45) is 3.81. The molecule has 0 saturated heterocycles. The molecule has 0 amide bonds. The second-order valence-corrected chi connectivity index (χ2v) is 5.59. The molecule has 2 aromatic rings. The van der Waals surface area contributed by atoms with E-state index in [0.29, 0.717) is 0 Å². The first kappa shape index (κ1) is 12.7. The number of benzene rings is 1. The molecule has 2 rings (SSSR count). The molecule has 1 aromatic heterocycles. The van der Waals surface area contributed by atoms with Crippen LogP contribution in [0.3, 0.4) is 0 Å². The van der Waals surface area contributed by atoms with Crippen LogP contribution in [-0.4, -0.2) is 16.7 Å². The van der Waals surface area contributed by atoms with E-state index in [0.717, 1.165) is 17.0 Å². The number of ether oxygens (including phenoxy) is 1. The van der Waals surface area contributed by atoms with Gasteiger partial charge in [0.25, 0.3) is 0 Å². The van der Waals surface area contributed by atoms with Crippen LogP contribution < -0.4 is 4.74 Å². The van der Waals surface area contributed by atoms with Gasteiger partial charge in [-0.2, -0.15) is 0 Å². The Kier molecular flexibility index (Phi) is 3.16. The van der Waals surface area contributed by atoms with E-state index in [4.69, 9.17) is 4.74 Å². The van der Waals surface area contributed by atoms with Gasteiger partial charge in [0.15, 0.2) is 0 Å². The second kappa shape index (κ2) is 4.48. The highest BCUT2D eigenvalue weighted by molar-refractivity contribution is 5.68. The minimum absolute atomic E-state index is 0.121. The van der Waals surface area contributed by atoms with Gasteiger partial charge in [0.05, 0.1) is 19.1 Å². The molecule has 3 nitrogen and oxygen atoms in total. The summed E-state index contributed by atoms with van der Waals surface area (Å²) < 4.78 is 7.37. The van der Waals surface area contributed by atoms with Crippen molar-refractivity contribution in [3.63, 3.8) is 0 Å². The summed E-state index contributed by atoms with van der Waals surface area (Å²) in [5.41, 5.74) is 3.39. The van der Waals surface area contributed by atoms with Crippen molar-refractivity contribution in [2.75, 3.05) is 7.11 Å². The Bertz CT molecular complexity index is 550. The van der Waals surface area contributed by atoms with E-state index < -0.39 is 0 Å². The van der Waals surface area contributed by atoms with Gasteiger partial charge >= 0.3 is 0 Å². The molecule has 0 bridgehead atoms. The van der Waals surface area contributed by atoms with Gasteiger partial charge in [-0.1, -0.05) is 26.8 Å². The number of aromatic nitrogens is 2. The summed E-state index contributed by atoms with van der Waals surface area (Å²) in [6, 6.07) is 6.30. The molecule has 18 heavy (non-hydrogen) atoms. The van der Waals surface area contributed by atoms with Crippen LogP contribution in [0.1, 0.15) is 26.3 Å². The molecule has 3 heteroatoms. The molecule has 0 aliphatic rings. The van der Waals surface area contributed by atoms with Crippen molar-refractivity contribution >= 4 is 0 Å². The van der Waals surface area contributed by atoms with E-state index in [1.165, 1.54) is 5.56 Å². The topological polar surface area (TPSA) is 27.1 Å². The normalized spacial score (nSPS) is 11.6. The van der Waals surface area contributed by atoms with Crippen molar-refractivity contribution in [2.24, 2.45) is 7.05 Å². The van der Waals surface area contributed by atoms with Crippen molar-refractivity contribution in [1.82, 2.24) is 9.55 Å². The minimum atomic E-state index is 0.121. The lowest BCUT2D eigenvalue weighted by atomic mass is 9.86. The molecule has 0 atom stereocenters. The largest absolute Gasteiger partial charge is 0.496 e. The maximum Gasteiger partial charge on any atom is 0.128 e. The standard InChI is InChI=1S/C15H20N2O/c1-15(2,3)11-6-7-14(18-5)12(8-11)13-9-17(4)10-16-13/h6-10H,1-5H3. The summed E-state index contributed by atoms with van der Waals surface area (Å²) in [6.45, 7) is 6.62. The number of hydrogen-bond donors (Lipinski definition) is 0. The molecule has 1 heterocycles. The Morgan fingerprint density at radius 1 is 1.22 bits per heavy atom. The van der Waals surface area contributed by atoms with Crippen molar-refractivity contribution in [3.8, 4) is 17.0 Å². The average Bonchev–Trinajstić information content (AvgIpc) is 2.73. The van der Waals surface area contributed by atoms with Gasteiger partial charge in [0.2, 0.25) is 0 Å². The van der Waals surface area contributed by atoms with Crippen LogP contribution in [0.15, 0.2) is 30.7 Å². The van der Waals surface area contributed by atoms with Crippen molar-refractivity contribution in [1.29, 1.82) is 0 Å². The molecule has 0 saturated carbocycles. The van der Waals surface area contributed by atoms with E-state index in [2.05, 4.69) is 37.9 Å².